The van der Waals surface area contributed by atoms with Crippen LogP contribution in [0.5, 0.6) is 0 Å². The van der Waals surface area contributed by atoms with Gasteiger partial charge in [0.25, 0.3) is 0 Å². The van der Waals surface area contributed by atoms with Crippen molar-refractivity contribution in [3.05, 3.63) is 47.5 Å². The normalized spacial score (nSPS) is 13.5. The smallest absolute Gasteiger partial charge is 0.246 e. The third-order valence-electron chi connectivity index (χ3n) is 4.11. The van der Waals surface area contributed by atoms with Crippen LogP contribution in [-0.2, 0) is 19.4 Å². The molecule has 0 unspecified atom stereocenters. The maximum Gasteiger partial charge on any atom is 0.246 e. The van der Waals surface area contributed by atoms with E-state index >= 15 is 0 Å². The number of hydrogen-bond acceptors (Lipinski definition) is 7. The summed E-state index contributed by atoms with van der Waals surface area (Å²) >= 11 is 0. The van der Waals surface area contributed by atoms with Crippen LogP contribution < -0.4 is 5.32 Å². The fraction of sp³-hybridized carbons (Fsp3) is 0.353. The average molecular weight is 322 g/mol. The van der Waals surface area contributed by atoms with Crippen LogP contribution >= 0.6 is 0 Å². The summed E-state index contributed by atoms with van der Waals surface area (Å²) in [5, 5.41) is 7.35. The lowest BCUT2D eigenvalue weighted by Crippen LogP contribution is -2.13. The molecule has 1 aliphatic carbocycles. The van der Waals surface area contributed by atoms with E-state index in [9.17, 15) is 0 Å². The second kappa shape index (κ2) is 6.35. The number of anilines is 1. The van der Waals surface area contributed by atoms with E-state index in [2.05, 4.69) is 30.4 Å². The number of hydrogen-bond donors (Lipinski definition) is 1. The van der Waals surface area contributed by atoms with Crippen molar-refractivity contribution in [1.82, 2.24) is 25.1 Å². The molecule has 7 heteroatoms. The van der Waals surface area contributed by atoms with Gasteiger partial charge in [-0.05, 0) is 44.7 Å². The highest BCUT2D eigenvalue weighted by molar-refractivity contribution is 5.53. The van der Waals surface area contributed by atoms with Crippen molar-refractivity contribution < 1.29 is 4.52 Å². The lowest BCUT2D eigenvalue weighted by Gasteiger charge is -2.18. The average Bonchev–Trinajstić information content (AvgIpc) is 3.09. The van der Waals surface area contributed by atoms with Gasteiger partial charge in [-0.2, -0.15) is 4.98 Å². The van der Waals surface area contributed by atoms with E-state index in [0.29, 0.717) is 18.3 Å². The first-order valence-electron chi connectivity index (χ1n) is 8.13. The van der Waals surface area contributed by atoms with Crippen LogP contribution in [-0.4, -0.2) is 25.1 Å². The number of aromatic nitrogens is 5. The van der Waals surface area contributed by atoms with E-state index in [1.807, 2.05) is 19.1 Å². The number of fused-ring (bicyclic) bond motifs is 1. The highest BCUT2D eigenvalue weighted by Gasteiger charge is 2.17. The topological polar surface area (TPSA) is 89.6 Å². The lowest BCUT2D eigenvalue weighted by molar-refractivity contribution is 0.384. The molecule has 7 nitrogen and oxygen atoms in total. The van der Waals surface area contributed by atoms with Gasteiger partial charge in [0.05, 0.1) is 6.54 Å². The van der Waals surface area contributed by atoms with Crippen molar-refractivity contribution in [2.75, 3.05) is 5.32 Å². The molecule has 4 rings (SSSR count). The largest absolute Gasteiger partial charge is 0.361 e. The minimum absolute atomic E-state index is 0.445. The van der Waals surface area contributed by atoms with E-state index in [4.69, 9.17) is 4.52 Å². The highest BCUT2D eigenvalue weighted by atomic mass is 16.5. The first-order valence-corrected chi connectivity index (χ1v) is 8.13. The number of aryl methyl sites for hydroxylation is 2. The molecule has 1 N–H and O–H groups in total. The zero-order valence-corrected chi connectivity index (χ0v) is 13.5. The Morgan fingerprint density at radius 3 is 2.79 bits per heavy atom. The molecule has 1 aliphatic rings. The predicted molar refractivity (Wildman–Crippen MR) is 88.3 cm³/mol. The van der Waals surface area contributed by atoms with Crippen molar-refractivity contribution in [1.29, 1.82) is 0 Å². The van der Waals surface area contributed by atoms with Crippen LogP contribution in [0, 0.1) is 6.92 Å². The van der Waals surface area contributed by atoms with Gasteiger partial charge in [0.15, 0.2) is 0 Å². The zero-order valence-electron chi connectivity index (χ0n) is 13.5. The quantitative estimate of drug-likeness (QED) is 0.789. The Bertz CT molecular complexity index is 846. The summed E-state index contributed by atoms with van der Waals surface area (Å²) in [6, 6.07) is 3.71. The molecular formula is C17H18N6O. The summed E-state index contributed by atoms with van der Waals surface area (Å²) in [5.41, 5.74) is 3.27. The maximum absolute atomic E-state index is 5.33. The van der Waals surface area contributed by atoms with Gasteiger partial charge in [-0.15, -0.1) is 0 Å². The Kier molecular flexibility index (Phi) is 3.90. The molecule has 0 atom stereocenters. The second-order valence-electron chi connectivity index (χ2n) is 5.85. The van der Waals surface area contributed by atoms with E-state index < -0.39 is 0 Å². The predicted octanol–water partition coefficient (Wildman–Crippen LogP) is 2.72. The Morgan fingerprint density at radius 1 is 1.08 bits per heavy atom. The van der Waals surface area contributed by atoms with Crippen LogP contribution in [0.2, 0.25) is 0 Å². The molecule has 3 heterocycles. The summed E-state index contributed by atoms with van der Waals surface area (Å²) in [4.78, 5) is 17.5. The molecule has 0 aromatic carbocycles. The highest BCUT2D eigenvalue weighted by Crippen LogP contribution is 2.25. The molecule has 0 saturated carbocycles. The molecular weight excluding hydrogens is 304 g/mol. The van der Waals surface area contributed by atoms with Crippen LogP contribution in [0.15, 0.2) is 29.0 Å². The van der Waals surface area contributed by atoms with Gasteiger partial charge in [0.2, 0.25) is 11.7 Å². The first-order chi connectivity index (χ1) is 11.8. The summed E-state index contributed by atoms with van der Waals surface area (Å²) < 4.78 is 5.33. The van der Waals surface area contributed by atoms with Crippen LogP contribution in [0.25, 0.3) is 11.4 Å². The lowest BCUT2D eigenvalue weighted by atomic mass is 9.96. The number of rotatable bonds is 4. The van der Waals surface area contributed by atoms with Gasteiger partial charge >= 0.3 is 0 Å². The SMILES string of the molecule is Cc1nc2c(c(NCc3nc(-c4ccncc4)no3)n1)CCCC2. The second-order valence-corrected chi connectivity index (χ2v) is 5.85. The standard InChI is InChI=1S/C17H18N6O/c1-11-20-14-5-3-2-4-13(14)17(21-11)19-10-15-22-16(23-24-15)12-6-8-18-9-7-12/h6-9H,2-5,10H2,1H3,(H,19,20,21). The van der Waals surface area contributed by atoms with E-state index in [0.717, 1.165) is 30.0 Å². The molecule has 0 bridgehead atoms. The van der Waals surface area contributed by atoms with Crippen LogP contribution in [0.3, 0.4) is 0 Å². The van der Waals surface area contributed by atoms with Crippen LogP contribution in [0.4, 0.5) is 5.82 Å². The number of pyridine rings is 1. The molecule has 0 spiro atoms. The maximum atomic E-state index is 5.33. The van der Waals surface area contributed by atoms with Gasteiger partial charge in [0.1, 0.15) is 11.6 Å². The number of nitrogens with one attached hydrogen (secondary N) is 1. The Labute approximate surface area is 139 Å². The van der Waals surface area contributed by atoms with Crippen molar-refractivity contribution in [3.8, 4) is 11.4 Å². The van der Waals surface area contributed by atoms with Crippen molar-refractivity contribution in [2.24, 2.45) is 0 Å². The molecule has 0 saturated heterocycles. The van der Waals surface area contributed by atoms with E-state index in [1.165, 1.54) is 24.1 Å². The van der Waals surface area contributed by atoms with Gasteiger partial charge in [-0.25, -0.2) is 9.97 Å². The fourth-order valence-electron chi connectivity index (χ4n) is 2.97. The molecule has 24 heavy (non-hydrogen) atoms. The third-order valence-corrected chi connectivity index (χ3v) is 4.11. The summed E-state index contributed by atoms with van der Waals surface area (Å²) in [6.45, 7) is 2.37. The van der Waals surface area contributed by atoms with Gasteiger partial charge in [-0.1, -0.05) is 5.16 Å². The minimum Gasteiger partial charge on any atom is -0.361 e. The first kappa shape index (κ1) is 14.7. The molecule has 0 fully saturated rings. The van der Waals surface area contributed by atoms with Crippen molar-refractivity contribution in [3.63, 3.8) is 0 Å². The van der Waals surface area contributed by atoms with Gasteiger partial charge in [-0.3, -0.25) is 4.98 Å². The summed E-state index contributed by atoms with van der Waals surface area (Å²) in [5.74, 6) is 2.78. The molecule has 0 amide bonds. The van der Waals surface area contributed by atoms with Gasteiger partial charge < -0.3 is 9.84 Å². The molecule has 0 aliphatic heterocycles. The van der Waals surface area contributed by atoms with Crippen molar-refractivity contribution in [2.45, 2.75) is 39.2 Å². The van der Waals surface area contributed by atoms with Crippen molar-refractivity contribution >= 4 is 5.82 Å². The Balaban J connectivity index is 1.52. The third kappa shape index (κ3) is 2.97. The number of nitrogens with zero attached hydrogens (tertiary/aromatic N) is 5. The monoisotopic (exact) mass is 322 g/mol. The van der Waals surface area contributed by atoms with Crippen LogP contribution in [0.1, 0.15) is 35.8 Å². The zero-order chi connectivity index (χ0) is 16.4. The van der Waals surface area contributed by atoms with E-state index in [1.54, 1.807) is 12.4 Å². The molecule has 3 aromatic rings. The Hall–Kier alpha value is -2.83. The fourth-order valence-corrected chi connectivity index (χ4v) is 2.97. The van der Waals surface area contributed by atoms with Gasteiger partial charge in [0, 0.05) is 29.2 Å². The Morgan fingerprint density at radius 2 is 1.92 bits per heavy atom. The molecule has 0 radical (unpaired) electrons. The summed E-state index contributed by atoms with van der Waals surface area (Å²) in [6.07, 6.45) is 7.84. The molecule has 3 aromatic heterocycles. The van der Waals surface area contributed by atoms with E-state index in [-0.39, 0.29) is 0 Å². The molecule has 122 valence electrons. The minimum atomic E-state index is 0.445. The summed E-state index contributed by atoms with van der Waals surface area (Å²) in [7, 11) is 0.